The van der Waals surface area contributed by atoms with Crippen LogP contribution in [0, 0.1) is 0 Å². The normalized spacial score (nSPS) is 21.9. The van der Waals surface area contributed by atoms with Crippen LogP contribution in [-0.2, 0) is 22.7 Å². The second-order valence-corrected chi connectivity index (χ2v) is 8.66. The zero-order valence-corrected chi connectivity index (χ0v) is 17.5. The number of piperidine rings is 2. The monoisotopic (exact) mass is 418 g/mol. The molecule has 0 radical (unpaired) electrons. The molecule has 3 aliphatic rings. The standard InChI is InChI=1S/C24H26N4O3/c29-22-7-6-21(23(30)26-22)28-15-18-13-17(4-5-19(18)24(28)31)20-12-16(8-9-25-20)14-27-10-2-1-3-11-27/h4-5,8-9,12-13,21H,1-3,6-7,10-11,14-15H2,(H,26,29,30). The highest BCUT2D eigenvalue weighted by atomic mass is 16.2. The number of hydrogen-bond donors (Lipinski definition) is 1. The predicted octanol–water partition coefficient (Wildman–Crippen LogP) is 2.50. The Kier molecular flexibility index (Phi) is 5.28. The molecule has 1 aromatic heterocycles. The van der Waals surface area contributed by atoms with Crippen LogP contribution < -0.4 is 5.32 Å². The lowest BCUT2D eigenvalue weighted by atomic mass is 10.0. The SMILES string of the molecule is O=C1CCC(N2Cc3cc(-c4cc(CN5CCCCC5)ccn4)ccc3C2=O)C(=O)N1. The molecule has 31 heavy (non-hydrogen) atoms. The summed E-state index contributed by atoms with van der Waals surface area (Å²) in [4.78, 5) is 45.2. The number of aromatic nitrogens is 1. The first-order chi connectivity index (χ1) is 15.1. The molecule has 1 atom stereocenters. The van der Waals surface area contributed by atoms with E-state index in [2.05, 4.69) is 27.3 Å². The van der Waals surface area contributed by atoms with E-state index in [9.17, 15) is 14.4 Å². The maximum Gasteiger partial charge on any atom is 0.255 e. The molecule has 2 fully saturated rings. The van der Waals surface area contributed by atoms with E-state index in [0.717, 1.165) is 36.5 Å². The summed E-state index contributed by atoms with van der Waals surface area (Å²) in [6.45, 7) is 3.60. The first kappa shape index (κ1) is 19.9. The number of likely N-dealkylation sites (tertiary alicyclic amines) is 1. The van der Waals surface area contributed by atoms with Gasteiger partial charge in [0.2, 0.25) is 11.8 Å². The van der Waals surface area contributed by atoms with Gasteiger partial charge in [-0.25, -0.2) is 0 Å². The van der Waals surface area contributed by atoms with Gasteiger partial charge in [0.05, 0.1) is 5.69 Å². The average Bonchev–Trinajstić information content (AvgIpc) is 3.10. The Hall–Kier alpha value is -3.06. The van der Waals surface area contributed by atoms with Gasteiger partial charge < -0.3 is 4.90 Å². The van der Waals surface area contributed by atoms with Crippen molar-refractivity contribution < 1.29 is 14.4 Å². The third-order valence-electron chi connectivity index (χ3n) is 6.50. The molecular formula is C24H26N4O3. The molecule has 0 spiro atoms. The van der Waals surface area contributed by atoms with Gasteiger partial charge in [0.15, 0.2) is 0 Å². The number of nitrogens with one attached hydrogen (secondary N) is 1. The van der Waals surface area contributed by atoms with E-state index in [1.54, 1.807) is 4.90 Å². The highest BCUT2D eigenvalue weighted by Gasteiger charge is 2.39. The van der Waals surface area contributed by atoms with Gasteiger partial charge in [-0.1, -0.05) is 12.5 Å². The van der Waals surface area contributed by atoms with Gasteiger partial charge in [0.25, 0.3) is 5.91 Å². The molecule has 0 aliphatic carbocycles. The molecule has 5 rings (SSSR count). The van der Waals surface area contributed by atoms with Crippen LogP contribution >= 0.6 is 0 Å². The number of nitrogens with zero attached hydrogens (tertiary/aromatic N) is 3. The van der Waals surface area contributed by atoms with Crippen LogP contribution in [0.5, 0.6) is 0 Å². The highest BCUT2D eigenvalue weighted by Crippen LogP contribution is 2.31. The summed E-state index contributed by atoms with van der Waals surface area (Å²) >= 11 is 0. The van der Waals surface area contributed by atoms with Crippen molar-refractivity contribution in [1.82, 2.24) is 20.1 Å². The fraction of sp³-hybridized carbons (Fsp3) is 0.417. The second-order valence-electron chi connectivity index (χ2n) is 8.66. The summed E-state index contributed by atoms with van der Waals surface area (Å²) in [7, 11) is 0. The summed E-state index contributed by atoms with van der Waals surface area (Å²) in [6.07, 6.45) is 6.33. The first-order valence-corrected chi connectivity index (χ1v) is 11.0. The molecule has 4 heterocycles. The van der Waals surface area contributed by atoms with Crippen LogP contribution in [0.25, 0.3) is 11.3 Å². The van der Waals surface area contributed by atoms with Crippen molar-refractivity contribution >= 4 is 17.7 Å². The molecule has 1 aromatic carbocycles. The van der Waals surface area contributed by atoms with Crippen molar-refractivity contribution in [3.63, 3.8) is 0 Å². The van der Waals surface area contributed by atoms with Crippen LogP contribution in [0.15, 0.2) is 36.5 Å². The largest absolute Gasteiger partial charge is 0.322 e. The van der Waals surface area contributed by atoms with Crippen molar-refractivity contribution in [3.8, 4) is 11.3 Å². The lowest BCUT2D eigenvalue weighted by Crippen LogP contribution is -2.52. The topological polar surface area (TPSA) is 82.6 Å². The third-order valence-corrected chi connectivity index (χ3v) is 6.50. The Morgan fingerprint density at radius 3 is 2.68 bits per heavy atom. The lowest BCUT2D eigenvalue weighted by Gasteiger charge is -2.29. The quantitative estimate of drug-likeness (QED) is 0.772. The number of imide groups is 1. The van der Waals surface area contributed by atoms with Gasteiger partial charge in [-0.3, -0.25) is 29.6 Å². The van der Waals surface area contributed by atoms with Crippen molar-refractivity contribution in [2.75, 3.05) is 13.1 Å². The minimum absolute atomic E-state index is 0.150. The number of pyridine rings is 1. The van der Waals surface area contributed by atoms with Gasteiger partial charge in [0.1, 0.15) is 6.04 Å². The summed E-state index contributed by atoms with van der Waals surface area (Å²) in [5.74, 6) is -0.809. The third kappa shape index (κ3) is 3.97. The molecule has 160 valence electrons. The highest BCUT2D eigenvalue weighted by molar-refractivity contribution is 6.05. The van der Waals surface area contributed by atoms with Crippen LogP contribution in [-0.4, -0.2) is 51.6 Å². The number of rotatable bonds is 4. The molecule has 3 aliphatic heterocycles. The lowest BCUT2D eigenvalue weighted by molar-refractivity contribution is -0.136. The van der Waals surface area contributed by atoms with Crippen LogP contribution in [0.1, 0.15) is 53.6 Å². The molecule has 0 saturated carbocycles. The Bertz CT molecular complexity index is 1040. The molecule has 1 N–H and O–H groups in total. The number of hydrogen-bond acceptors (Lipinski definition) is 5. The molecule has 0 bridgehead atoms. The Morgan fingerprint density at radius 2 is 1.87 bits per heavy atom. The molecular weight excluding hydrogens is 392 g/mol. The van der Waals surface area contributed by atoms with Crippen molar-refractivity contribution in [2.24, 2.45) is 0 Å². The zero-order chi connectivity index (χ0) is 21.4. The van der Waals surface area contributed by atoms with Gasteiger partial charge in [-0.15, -0.1) is 0 Å². The van der Waals surface area contributed by atoms with Gasteiger partial charge in [0, 0.05) is 36.8 Å². The van der Waals surface area contributed by atoms with Crippen molar-refractivity contribution in [3.05, 3.63) is 53.2 Å². The van der Waals surface area contributed by atoms with Crippen LogP contribution in [0.2, 0.25) is 0 Å². The van der Waals surface area contributed by atoms with Crippen molar-refractivity contribution in [2.45, 2.75) is 51.2 Å². The Morgan fingerprint density at radius 1 is 1.03 bits per heavy atom. The predicted molar refractivity (Wildman–Crippen MR) is 115 cm³/mol. The van der Waals surface area contributed by atoms with Crippen LogP contribution in [0.3, 0.4) is 0 Å². The molecule has 3 amide bonds. The smallest absolute Gasteiger partial charge is 0.255 e. The number of carbonyl (C=O) groups is 3. The average molecular weight is 418 g/mol. The minimum Gasteiger partial charge on any atom is -0.322 e. The number of amides is 3. The maximum absolute atomic E-state index is 12.9. The number of benzene rings is 1. The minimum atomic E-state index is -0.591. The molecule has 2 aromatic rings. The zero-order valence-electron chi connectivity index (χ0n) is 17.5. The van der Waals surface area contributed by atoms with E-state index >= 15 is 0 Å². The van der Waals surface area contributed by atoms with E-state index < -0.39 is 6.04 Å². The summed E-state index contributed by atoms with van der Waals surface area (Å²) in [5.41, 5.74) is 4.63. The van der Waals surface area contributed by atoms with Crippen LogP contribution in [0.4, 0.5) is 0 Å². The number of fused-ring (bicyclic) bond motifs is 1. The van der Waals surface area contributed by atoms with E-state index in [0.29, 0.717) is 18.5 Å². The second kappa shape index (κ2) is 8.23. The summed E-state index contributed by atoms with van der Waals surface area (Å²) < 4.78 is 0. The maximum atomic E-state index is 12.9. The van der Waals surface area contributed by atoms with Gasteiger partial charge in [-0.05, 0) is 67.7 Å². The fourth-order valence-electron chi connectivity index (χ4n) is 4.84. The Balaban J connectivity index is 1.35. The summed E-state index contributed by atoms with van der Waals surface area (Å²) in [5, 5.41) is 2.34. The van der Waals surface area contributed by atoms with Gasteiger partial charge >= 0.3 is 0 Å². The fourth-order valence-corrected chi connectivity index (χ4v) is 4.84. The number of carbonyl (C=O) groups excluding carboxylic acids is 3. The van der Waals surface area contributed by atoms with E-state index in [1.807, 2.05) is 24.4 Å². The van der Waals surface area contributed by atoms with Crippen molar-refractivity contribution in [1.29, 1.82) is 0 Å². The van der Waals surface area contributed by atoms with E-state index in [-0.39, 0.29) is 24.1 Å². The van der Waals surface area contributed by atoms with E-state index in [4.69, 9.17) is 0 Å². The molecule has 7 heteroatoms. The summed E-state index contributed by atoms with van der Waals surface area (Å²) in [6, 6.07) is 9.37. The molecule has 7 nitrogen and oxygen atoms in total. The first-order valence-electron chi connectivity index (χ1n) is 11.0. The molecule has 1 unspecified atom stereocenters. The Labute approximate surface area is 181 Å². The van der Waals surface area contributed by atoms with E-state index in [1.165, 1.54) is 24.8 Å². The molecule has 2 saturated heterocycles. The van der Waals surface area contributed by atoms with Gasteiger partial charge in [-0.2, -0.15) is 0 Å².